The second kappa shape index (κ2) is 9.65. The molecule has 1 aromatic rings. The van der Waals surface area contributed by atoms with Crippen molar-refractivity contribution in [3.63, 3.8) is 0 Å². The Hall–Kier alpha value is -1.21. The zero-order valence-electron chi connectivity index (χ0n) is 16.0. The molecule has 26 heavy (non-hydrogen) atoms. The summed E-state index contributed by atoms with van der Waals surface area (Å²) in [7, 11) is 0. The van der Waals surface area contributed by atoms with Gasteiger partial charge in [-0.05, 0) is 59.1 Å². The van der Waals surface area contributed by atoms with Gasteiger partial charge < -0.3 is 14.4 Å². The van der Waals surface area contributed by atoms with Gasteiger partial charge in [0.15, 0.2) is 5.16 Å². The summed E-state index contributed by atoms with van der Waals surface area (Å²) in [5.74, 6) is 0.488. The van der Waals surface area contributed by atoms with Crippen LogP contribution in [0, 0.1) is 0 Å². The fourth-order valence-electron chi connectivity index (χ4n) is 2.90. The second-order valence-electron chi connectivity index (χ2n) is 7.33. The van der Waals surface area contributed by atoms with E-state index >= 15 is 0 Å². The van der Waals surface area contributed by atoms with E-state index in [0.717, 1.165) is 38.6 Å². The number of piperidine rings is 1. The van der Waals surface area contributed by atoms with Crippen molar-refractivity contribution in [2.45, 2.75) is 69.7 Å². The fraction of sp³-hybridized carbons (Fsp3) is 0.722. The number of amides is 1. The SMILES string of the molecule is CSc1nc(Cl)cc(OCCCC2CCCCN2C(=O)OC(C)(C)C)n1. The van der Waals surface area contributed by atoms with Crippen LogP contribution >= 0.6 is 23.4 Å². The van der Waals surface area contributed by atoms with Gasteiger partial charge in [0.25, 0.3) is 0 Å². The van der Waals surface area contributed by atoms with Crippen molar-refractivity contribution >= 4 is 29.5 Å². The van der Waals surface area contributed by atoms with Crippen LogP contribution in [-0.4, -0.2) is 52.0 Å². The van der Waals surface area contributed by atoms with Crippen LogP contribution in [0.2, 0.25) is 5.15 Å². The van der Waals surface area contributed by atoms with E-state index in [1.807, 2.05) is 31.9 Å². The van der Waals surface area contributed by atoms with Crippen molar-refractivity contribution in [2.75, 3.05) is 19.4 Å². The first-order chi connectivity index (χ1) is 12.3. The number of carbonyl (C=O) groups excluding carboxylic acids is 1. The lowest BCUT2D eigenvalue weighted by atomic mass is 9.98. The number of hydrogen-bond acceptors (Lipinski definition) is 6. The number of likely N-dealkylation sites (tertiary alicyclic amines) is 1. The van der Waals surface area contributed by atoms with Crippen LogP contribution in [0.1, 0.15) is 52.9 Å². The van der Waals surface area contributed by atoms with Gasteiger partial charge >= 0.3 is 6.09 Å². The van der Waals surface area contributed by atoms with Crippen LogP contribution < -0.4 is 4.74 Å². The molecule has 6 nitrogen and oxygen atoms in total. The van der Waals surface area contributed by atoms with Gasteiger partial charge in [0, 0.05) is 18.7 Å². The Kier molecular flexibility index (Phi) is 7.83. The summed E-state index contributed by atoms with van der Waals surface area (Å²) in [4.78, 5) is 22.7. The number of hydrogen-bond donors (Lipinski definition) is 0. The molecule has 1 saturated heterocycles. The summed E-state index contributed by atoms with van der Waals surface area (Å²) in [6.45, 7) is 6.98. The van der Waals surface area contributed by atoms with Crippen LogP contribution in [0.4, 0.5) is 4.79 Å². The van der Waals surface area contributed by atoms with Crippen molar-refractivity contribution in [2.24, 2.45) is 0 Å². The van der Waals surface area contributed by atoms with E-state index in [4.69, 9.17) is 21.1 Å². The second-order valence-corrected chi connectivity index (χ2v) is 8.49. The molecule has 0 bridgehead atoms. The van der Waals surface area contributed by atoms with Gasteiger partial charge in [-0.2, -0.15) is 4.98 Å². The van der Waals surface area contributed by atoms with Gasteiger partial charge in [-0.15, -0.1) is 0 Å². The highest BCUT2D eigenvalue weighted by Crippen LogP contribution is 2.24. The molecule has 2 rings (SSSR count). The molecular formula is C18H28ClN3O3S. The molecule has 0 aromatic carbocycles. The van der Waals surface area contributed by atoms with Gasteiger partial charge in [0.1, 0.15) is 10.8 Å². The zero-order chi connectivity index (χ0) is 19.2. The lowest BCUT2D eigenvalue weighted by Gasteiger charge is -2.36. The molecule has 8 heteroatoms. The van der Waals surface area contributed by atoms with E-state index < -0.39 is 5.60 Å². The standard InChI is InChI=1S/C18H28ClN3O3S/c1-18(2,3)25-17(23)22-10-6-5-8-13(22)9-7-11-24-15-12-14(19)20-16(21-15)26-4/h12-13H,5-11H2,1-4H3. The Labute approximate surface area is 165 Å². The van der Waals surface area contributed by atoms with Crippen molar-refractivity contribution in [3.05, 3.63) is 11.2 Å². The highest BCUT2D eigenvalue weighted by Gasteiger charge is 2.30. The first kappa shape index (κ1) is 21.1. The molecule has 1 aromatic heterocycles. The van der Waals surface area contributed by atoms with Crippen LogP contribution in [0.5, 0.6) is 5.88 Å². The third-order valence-electron chi connectivity index (χ3n) is 4.02. The van der Waals surface area contributed by atoms with Gasteiger partial charge in [-0.3, -0.25) is 0 Å². The summed E-state index contributed by atoms with van der Waals surface area (Å²) in [6.07, 6.45) is 6.58. The molecule has 0 saturated carbocycles. The molecule has 1 aliphatic heterocycles. The number of halogens is 1. The van der Waals surface area contributed by atoms with Crippen LogP contribution in [0.25, 0.3) is 0 Å². The van der Waals surface area contributed by atoms with Crippen molar-refractivity contribution in [1.82, 2.24) is 14.9 Å². The third kappa shape index (κ3) is 6.83. The van der Waals surface area contributed by atoms with Crippen molar-refractivity contribution in [1.29, 1.82) is 0 Å². The lowest BCUT2D eigenvalue weighted by molar-refractivity contribution is 0.00822. The topological polar surface area (TPSA) is 64.5 Å². The number of carbonyl (C=O) groups is 1. The molecule has 1 aliphatic rings. The quantitative estimate of drug-likeness (QED) is 0.295. The summed E-state index contributed by atoms with van der Waals surface area (Å²) in [6, 6.07) is 1.83. The predicted molar refractivity (Wildman–Crippen MR) is 104 cm³/mol. The van der Waals surface area contributed by atoms with Crippen LogP contribution in [0.3, 0.4) is 0 Å². The Morgan fingerprint density at radius 2 is 2.15 bits per heavy atom. The third-order valence-corrected chi connectivity index (χ3v) is 4.76. The van der Waals surface area contributed by atoms with E-state index in [1.165, 1.54) is 11.8 Å². The van der Waals surface area contributed by atoms with Gasteiger partial charge in [-0.1, -0.05) is 23.4 Å². The van der Waals surface area contributed by atoms with E-state index in [2.05, 4.69) is 9.97 Å². The highest BCUT2D eigenvalue weighted by molar-refractivity contribution is 7.98. The number of nitrogens with zero attached hydrogens (tertiary/aromatic N) is 3. The Balaban J connectivity index is 1.83. The molecule has 0 N–H and O–H groups in total. The largest absolute Gasteiger partial charge is 0.478 e. The zero-order valence-corrected chi connectivity index (χ0v) is 17.5. The molecule has 2 heterocycles. The molecule has 1 amide bonds. The minimum absolute atomic E-state index is 0.206. The van der Waals surface area contributed by atoms with E-state index in [0.29, 0.717) is 22.8 Å². The van der Waals surface area contributed by atoms with Crippen LogP contribution in [-0.2, 0) is 4.74 Å². The van der Waals surface area contributed by atoms with E-state index in [-0.39, 0.29) is 12.1 Å². The average Bonchev–Trinajstić information content (AvgIpc) is 2.57. The minimum atomic E-state index is -0.469. The summed E-state index contributed by atoms with van der Waals surface area (Å²) in [5, 5.41) is 0.971. The monoisotopic (exact) mass is 401 g/mol. The molecule has 0 aliphatic carbocycles. The lowest BCUT2D eigenvalue weighted by Crippen LogP contribution is -2.46. The maximum absolute atomic E-state index is 12.4. The maximum atomic E-state index is 12.4. The van der Waals surface area contributed by atoms with Crippen molar-refractivity contribution in [3.8, 4) is 5.88 Å². The van der Waals surface area contributed by atoms with Crippen LogP contribution in [0.15, 0.2) is 11.2 Å². The normalized spacial score (nSPS) is 17.9. The first-order valence-corrected chi connectivity index (χ1v) is 10.6. The Morgan fingerprint density at radius 1 is 1.38 bits per heavy atom. The van der Waals surface area contributed by atoms with E-state index in [9.17, 15) is 4.79 Å². The van der Waals surface area contributed by atoms with Gasteiger partial charge in [0.2, 0.25) is 5.88 Å². The molecule has 1 unspecified atom stereocenters. The number of thioether (sulfide) groups is 1. The first-order valence-electron chi connectivity index (χ1n) is 8.99. The smallest absolute Gasteiger partial charge is 0.410 e. The van der Waals surface area contributed by atoms with Crippen molar-refractivity contribution < 1.29 is 14.3 Å². The maximum Gasteiger partial charge on any atom is 0.410 e. The molecular weight excluding hydrogens is 374 g/mol. The fourth-order valence-corrected chi connectivity index (χ4v) is 3.49. The summed E-state index contributed by atoms with van der Waals surface area (Å²) in [5.41, 5.74) is -0.469. The molecule has 1 fully saturated rings. The number of aromatic nitrogens is 2. The molecule has 0 spiro atoms. The minimum Gasteiger partial charge on any atom is -0.478 e. The van der Waals surface area contributed by atoms with Gasteiger partial charge in [0.05, 0.1) is 6.61 Å². The average molecular weight is 402 g/mol. The highest BCUT2D eigenvalue weighted by atomic mass is 35.5. The predicted octanol–water partition coefficient (Wildman–Crippen LogP) is 4.80. The molecule has 146 valence electrons. The van der Waals surface area contributed by atoms with Gasteiger partial charge in [-0.25, -0.2) is 9.78 Å². The molecule has 1 atom stereocenters. The Bertz CT molecular complexity index is 610. The Morgan fingerprint density at radius 3 is 2.85 bits per heavy atom. The summed E-state index contributed by atoms with van der Waals surface area (Å²) < 4.78 is 11.3. The summed E-state index contributed by atoms with van der Waals surface area (Å²) >= 11 is 7.39. The number of rotatable bonds is 6. The van der Waals surface area contributed by atoms with E-state index in [1.54, 1.807) is 6.07 Å². The molecule has 0 radical (unpaired) electrons. The number of ether oxygens (including phenoxy) is 2.